The Kier molecular flexibility index (Phi) is 6.69. The molecule has 0 radical (unpaired) electrons. The summed E-state index contributed by atoms with van der Waals surface area (Å²) in [6.45, 7) is 0. The van der Waals surface area contributed by atoms with Gasteiger partial charge in [-0.15, -0.1) is 0 Å². The van der Waals surface area contributed by atoms with Gasteiger partial charge in [0, 0.05) is 29.2 Å². The summed E-state index contributed by atoms with van der Waals surface area (Å²) in [5.74, 6) is 1.03. The van der Waals surface area contributed by atoms with E-state index in [-0.39, 0.29) is 11.3 Å². The van der Waals surface area contributed by atoms with E-state index in [9.17, 15) is 18.3 Å². The molecule has 1 unspecified atom stereocenters. The number of furan rings is 1. The predicted molar refractivity (Wildman–Crippen MR) is 122 cm³/mol. The minimum absolute atomic E-state index is 0.0225. The van der Waals surface area contributed by atoms with Gasteiger partial charge in [-0.1, -0.05) is 30.3 Å². The van der Waals surface area contributed by atoms with E-state index in [4.69, 9.17) is 4.42 Å². The number of carbonyl (C=O) groups is 1. The lowest BCUT2D eigenvalue weighted by Crippen LogP contribution is -2.41. The second kappa shape index (κ2) is 9.46. The highest BCUT2D eigenvalue weighted by molar-refractivity contribution is 7.98. The molecule has 0 aliphatic heterocycles. The van der Waals surface area contributed by atoms with E-state index in [0.717, 1.165) is 53.7 Å². The van der Waals surface area contributed by atoms with E-state index in [2.05, 4.69) is 4.72 Å². The van der Waals surface area contributed by atoms with Crippen LogP contribution < -0.4 is 4.72 Å². The van der Waals surface area contributed by atoms with Crippen LogP contribution in [-0.2, 0) is 33.4 Å². The predicted octanol–water partition coefficient (Wildman–Crippen LogP) is 4.37. The molecule has 4 rings (SSSR count). The molecule has 2 aromatic carbocycles. The Labute approximate surface area is 186 Å². The van der Waals surface area contributed by atoms with Crippen molar-refractivity contribution >= 4 is 38.7 Å². The van der Waals surface area contributed by atoms with Crippen molar-refractivity contribution in [3.63, 3.8) is 0 Å². The van der Waals surface area contributed by atoms with Crippen LogP contribution in [0.25, 0.3) is 11.0 Å². The number of carboxylic acids is 1. The maximum absolute atomic E-state index is 12.9. The maximum Gasteiger partial charge on any atom is 0.321 e. The molecule has 1 atom stereocenters. The van der Waals surface area contributed by atoms with Gasteiger partial charge in [0.25, 0.3) is 0 Å². The standard InChI is InChI=1S/C23H25NO5S2/c25-23(26)20(12-13-30-15-16-6-2-1-3-7-16)24-31(27,28)17-10-11-19-18-8-4-5-9-21(18)29-22(19)14-17/h1-3,6-7,10-11,14,20,24H,4-5,8-9,12-13,15H2,(H,25,26). The van der Waals surface area contributed by atoms with Gasteiger partial charge in [-0.25, -0.2) is 8.42 Å². The molecule has 0 saturated heterocycles. The molecule has 8 heteroatoms. The number of benzene rings is 2. The normalized spacial score (nSPS) is 15.0. The third kappa shape index (κ3) is 5.14. The molecule has 164 valence electrons. The van der Waals surface area contributed by atoms with Crippen molar-refractivity contribution in [2.24, 2.45) is 0 Å². The summed E-state index contributed by atoms with van der Waals surface area (Å²) in [5, 5.41) is 10.5. The van der Waals surface area contributed by atoms with Crippen LogP contribution in [-0.4, -0.2) is 31.3 Å². The quantitative estimate of drug-likeness (QED) is 0.461. The highest BCUT2D eigenvalue weighted by Gasteiger charge is 2.26. The summed E-state index contributed by atoms with van der Waals surface area (Å²) in [6, 6.07) is 13.5. The molecular weight excluding hydrogens is 434 g/mol. The number of hydrogen-bond acceptors (Lipinski definition) is 5. The molecular formula is C23H25NO5S2. The number of thioether (sulfide) groups is 1. The van der Waals surface area contributed by atoms with E-state index in [0.29, 0.717) is 11.3 Å². The molecule has 0 bridgehead atoms. The maximum atomic E-state index is 12.9. The molecule has 0 saturated carbocycles. The molecule has 2 N–H and O–H groups in total. The van der Waals surface area contributed by atoms with E-state index < -0.39 is 22.0 Å². The molecule has 0 amide bonds. The van der Waals surface area contributed by atoms with Crippen LogP contribution in [0, 0.1) is 0 Å². The highest BCUT2D eigenvalue weighted by Crippen LogP contribution is 2.33. The Morgan fingerprint density at radius 3 is 2.68 bits per heavy atom. The van der Waals surface area contributed by atoms with Crippen LogP contribution in [0.1, 0.15) is 36.1 Å². The van der Waals surface area contributed by atoms with Crippen molar-refractivity contribution in [1.29, 1.82) is 0 Å². The topological polar surface area (TPSA) is 96.6 Å². The highest BCUT2D eigenvalue weighted by atomic mass is 32.2. The van der Waals surface area contributed by atoms with Crippen molar-refractivity contribution in [3.05, 3.63) is 65.4 Å². The minimum Gasteiger partial charge on any atom is -0.480 e. The van der Waals surface area contributed by atoms with Crippen LogP contribution in [0.15, 0.2) is 57.8 Å². The van der Waals surface area contributed by atoms with E-state index in [1.165, 1.54) is 12.1 Å². The van der Waals surface area contributed by atoms with Crippen LogP contribution in [0.3, 0.4) is 0 Å². The first-order chi connectivity index (χ1) is 14.9. The SMILES string of the molecule is O=C(O)C(CCSCc1ccccc1)NS(=O)(=O)c1ccc2c3c(oc2c1)CCCC3. The average molecular weight is 460 g/mol. The second-order valence-corrected chi connectivity index (χ2v) is 10.5. The summed E-state index contributed by atoms with van der Waals surface area (Å²) in [6.07, 6.45) is 4.18. The zero-order valence-electron chi connectivity index (χ0n) is 17.0. The molecule has 3 aromatic rings. The molecule has 0 fully saturated rings. The fourth-order valence-electron chi connectivity index (χ4n) is 3.87. The molecule has 1 aliphatic rings. The average Bonchev–Trinajstić information content (AvgIpc) is 3.14. The lowest BCUT2D eigenvalue weighted by Gasteiger charge is -2.15. The van der Waals surface area contributed by atoms with Crippen LogP contribution in [0.4, 0.5) is 0 Å². The number of aryl methyl sites for hydroxylation is 2. The van der Waals surface area contributed by atoms with Gasteiger partial charge in [-0.05, 0) is 49.1 Å². The van der Waals surface area contributed by atoms with Crippen LogP contribution in [0.5, 0.6) is 0 Å². The largest absolute Gasteiger partial charge is 0.480 e. The lowest BCUT2D eigenvalue weighted by molar-refractivity contribution is -0.139. The van der Waals surface area contributed by atoms with Crippen molar-refractivity contribution < 1.29 is 22.7 Å². The summed E-state index contributed by atoms with van der Waals surface area (Å²) < 4.78 is 34.0. The summed E-state index contributed by atoms with van der Waals surface area (Å²) in [4.78, 5) is 11.7. The van der Waals surface area contributed by atoms with Gasteiger partial charge in [-0.3, -0.25) is 4.79 Å². The van der Waals surface area contributed by atoms with E-state index in [1.54, 1.807) is 17.8 Å². The third-order valence-corrected chi connectivity index (χ3v) is 8.03. The van der Waals surface area contributed by atoms with Crippen molar-refractivity contribution in [1.82, 2.24) is 4.72 Å². The van der Waals surface area contributed by atoms with Gasteiger partial charge in [0.1, 0.15) is 17.4 Å². The van der Waals surface area contributed by atoms with Crippen molar-refractivity contribution in [2.45, 2.75) is 48.8 Å². The Bertz CT molecular complexity index is 1170. The Balaban J connectivity index is 1.43. The number of carboxylic acid groups (broad SMARTS) is 1. The number of rotatable bonds is 9. The number of nitrogens with one attached hydrogen (secondary N) is 1. The Hall–Kier alpha value is -2.29. The fourth-order valence-corrected chi connectivity index (χ4v) is 6.08. The fraction of sp³-hybridized carbons (Fsp3) is 0.348. The number of sulfonamides is 1. The minimum atomic E-state index is -3.99. The first-order valence-corrected chi connectivity index (χ1v) is 13.0. The third-order valence-electron chi connectivity index (χ3n) is 5.50. The molecule has 1 heterocycles. The summed E-state index contributed by atoms with van der Waals surface area (Å²) in [7, 11) is -3.99. The van der Waals surface area contributed by atoms with Gasteiger partial charge in [-0.2, -0.15) is 16.5 Å². The Morgan fingerprint density at radius 2 is 1.90 bits per heavy atom. The number of fused-ring (bicyclic) bond motifs is 3. The second-order valence-electron chi connectivity index (χ2n) is 7.71. The number of aliphatic carboxylic acids is 1. The van der Waals surface area contributed by atoms with Gasteiger partial charge in [0.15, 0.2) is 0 Å². The van der Waals surface area contributed by atoms with Gasteiger partial charge in [0.2, 0.25) is 10.0 Å². The number of hydrogen-bond donors (Lipinski definition) is 2. The Morgan fingerprint density at radius 1 is 1.13 bits per heavy atom. The molecule has 6 nitrogen and oxygen atoms in total. The van der Waals surface area contributed by atoms with Crippen LogP contribution >= 0.6 is 11.8 Å². The first kappa shape index (κ1) is 21.9. The van der Waals surface area contributed by atoms with Crippen LogP contribution in [0.2, 0.25) is 0 Å². The van der Waals surface area contributed by atoms with Crippen molar-refractivity contribution in [2.75, 3.05) is 5.75 Å². The summed E-state index contributed by atoms with van der Waals surface area (Å²) >= 11 is 1.58. The monoisotopic (exact) mass is 459 g/mol. The van der Waals surface area contributed by atoms with Gasteiger partial charge < -0.3 is 9.52 Å². The van der Waals surface area contributed by atoms with Crippen molar-refractivity contribution in [3.8, 4) is 0 Å². The zero-order valence-corrected chi connectivity index (χ0v) is 18.7. The van der Waals surface area contributed by atoms with Gasteiger partial charge >= 0.3 is 5.97 Å². The molecule has 1 aromatic heterocycles. The molecule has 1 aliphatic carbocycles. The molecule has 0 spiro atoms. The smallest absolute Gasteiger partial charge is 0.321 e. The molecule has 31 heavy (non-hydrogen) atoms. The van der Waals surface area contributed by atoms with E-state index >= 15 is 0 Å². The zero-order chi connectivity index (χ0) is 21.8. The first-order valence-electron chi connectivity index (χ1n) is 10.3. The van der Waals surface area contributed by atoms with Gasteiger partial charge in [0.05, 0.1) is 4.90 Å². The lowest BCUT2D eigenvalue weighted by atomic mass is 9.96. The van der Waals surface area contributed by atoms with E-state index in [1.807, 2.05) is 30.3 Å². The summed E-state index contributed by atoms with van der Waals surface area (Å²) in [5.41, 5.74) is 2.85.